The zero-order valence-electron chi connectivity index (χ0n) is 13.9. The number of ether oxygens (including phenoxy) is 1. The largest absolute Gasteiger partial charge is 0.491 e. The van der Waals surface area contributed by atoms with Crippen molar-refractivity contribution in [2.45, 2.75) is 0 Å². The Morgan fingerprint density at radius 1 is 1.07 bits per heavy atom. The van der Waals surface area contributed by atoms with Gasteiger partial charge in [0.15, 0.2) is 23.2 Å². The summed E-state index contributed by atoms with van der Waals surface area (Å²) in [6.45, 7) is 0. The van der Waals surface area contributed by atoms with Crippen LogP contribution in [-0.2, 0) is 0 Å². The second-order valence-corrected chi connectivity index (χ2v) is 5.48. The molecule has 27 heavy (non-hydrogen) atoms. The standard InChI is InChI=1S/C18H13F2N3O4/c1-27-16-12(19)6-11(7-13(16)20)17(24)21-15-8-14(22-23-15)9-2-4-10(5-3-9)18(25)26/h2-8H,1H3,(H,25,26)(H2,21,22,23,24). The zero-order valence-corrected chi connectivity index (χ0v) is 13.9. The van der Waals surface area contributed by atoms with Crippen LogP contribution in [0.5, 0.6) is 5.75 Å². The van der Waals surface area contributed by atoms with E-state index in [0.717, 1.165) is 19.2 Å². The van der Waals surface area contributed by atoms with E-state index in [4.69, 9.17) is 5.11 Å². The number of rotatable bonds is 5. The lowest BCUT2D eigenvalue weighted by Crippen LogP contribution is -2.13. The third kappa shape index (κ3) is 3.76. The third-order valence-corrected chi connectivity index (χ3v) is 3.73. The average Bonchev–Trinajstić information content (AvgIpc) is 3.10. The predicted molar refractivity (Wildman–Crippen MR) is 91.8 cm³/mol. The molecule has 1 aromatic heterocycles. The van der Waals surface area contributed by atoms with Crippen molar-refractivity contribution in [1.82, 2.24) is 10.2 Å². The Balaban J connectivity index is 1.77. The summed E-state index contributed by atoms with van der Waals surface area (Å²) in [7, 11) is 1.12. The number of hydrogen-bond acceptors (Lipinski definition) is 4. The first-order chi connectivity index (χ1) is 12.9. The molecule has 0 saturated heterocycles. The van der Waals surface area contributed by atoms with E-state index < -0.39 is 29.3 Å². The molecule has 9 heteroatoms. The number of carbonyl (C=O) groups excluding carboxylic acids is 1. The first kappa shape index (κ1) is 18.1. The van der Waals surface area contributed by atoms with Gasteiger partial charge in [-0.3, -0.25) is 9.89 Å². The number of aromatic amines is 1. The SMILES string of the molecule is COc1c(F)cc(C(=O)Nc2cc(-c3ccc(C(=O)O)cc3)[nH]n2)cc1F. The lowest BCUT2D eigenvalue weighted by Gasteiger charge is -2.06. The Bertz CT molecular complexity index is 993. The minimum atomic E-state index is -1.04. The molecule has 3 rings (SSSR count). The molecular weight excluding hydrogens is 360 g/mol. The fourth-order valence-corrected chi connectivity index (χ4v) is 2.40. The van der Waals surface area contributed by atoms with Gasteiger partial charge in [0.05, 0.1) is 18.4 Å². The Morgan fingerprint density at radius 3 is 2.26 bits per heavy atom. The quantitative estimate of drug-likeness (QED) is 0.636. The molecule has 0 saturated carbocycles. The lowest BCUT2D eigenvalue weighted by atomic mass is 10.1. The van der Waals surface area contributed by atoms with E-state index >= 15 is 0 Å². The molecule has 0 bridgehead atoms. The topological polar surface area (TPSA) is 104 Å². The fourth-order valence-electron chi connectivity index (χ4n) is 2.40. The molecule has 0 unspecified atom stereocenters. The van der Waals surface area contributed by atoms with Crippen LogP contribution < -0.4 is 10.1 Å². The van der Waals surface area contributed by atoms with Gasteiger partial charge in [-0.15, -0.1) is 0 Å². The Labute approximate surface area is 151 Å². The van der Waals surface area contributed by atoms with Crippen molar-refractivity contribution < 1.29 is 28.2 Å². The van der Waals surface area contributed by atoms with Gasteiger partial charge in [0.2, 0.25) is 0 Å². The van der Waals surface area contributed by atoms with Crippen LogP contribution in [0.1, 0.15) is 20.7 Å². The molecule has 138 valence electrons. The van der Waals surface area contributed by atoms with Crippen molar-refractivity contribution in [3.05, 3.63) is 65.2 Å². The predicted octanol–water partition coefficient (Wildman–Crippen LogP) is 3.31. The van der Waals surface area contributed by atoms with Gasteiger partial charge >= 0.3 is 5.97 Å². The second kappa shape index (κ2) is 7.24. The maximum absolute atomic E-state index is 13.7. The Hall–Kier alpha value is -3.75. The highest BCUT2D eigenvalue weighted by Crippen LogP contribution is 2.24. The second-order valence-electron chi connectivity index (χ2n) is 5.48. The van der Waals surface area contributed by atoms with Gasteiger partial charge in [0.25, 0.3) is 5.91 Å². The van der Waals surface area contributed by atoms with E-state index in [2.05, 4.69) is 20.3 Å². The maximum Gasteiger partial charge on any atom is 0.335 e. The van der Waals surface area contributed by atoms with E-state index in [1.165, 1.54) is 18.2 Å². The molecule has 1 heterocycles. The number of carboxylic acids is 1. The Kier molecular flexibility index (Phi) is 4.84. The third-order valence-electron chi connectivity index (χ3n) is 3.73. The minimum absolute atomic E-state index is 0.133. The van der Waals surface area contributed by atoms with Gasteiger partial charge in [-0.2, -0.15) is 5.10 Å². The van der Waals surface area contributed by atoms with Crippen LogP contribution in [0.2, 0.25) is 0 Å². The van der Waals surface area contributed by atoms with Gasteiger partial charge in [0.1, 0.15) is 0 Å². The summed E-state index contributed by atoms with van der Waals surface area (Å²) in [5.74, 6) is -4.23. The van der Waals surface area contributed by atoms with Crippen molar-refractivity contribution in [3.63, 3.8) is 0 Å². The first-order valence-corrected chi connectivity index (χ1v) is 7.62. The number of methoxy groups -OCH3 is 1. The van der Waals surface area contributed by atoms with E-state index in [9.17, 15) is 18.4 Å². The molecule has 2 aromatic carbocycles. The smallest absolute Gasteiger partial charge is 0.335 e. The first-order valence-electron chi connectivity index (χ1n) is 7.62. The summed E-state index contributed by atoms with van der Waals surface area (Å²) in [5.41, 5.74) is 1.07. The van der Waals surface area contributed by atoms with E-state index in [1.807, 2.05) is 0 Å². The average molecular weight is 373 g/mol. The maximum atomic E-state index is 13.7. The van der Waals surface area contributed by atoms with Gasteiger partial charge in [-0.25, -0.2) is 13.6 Å². The van der Waals surface area contributed by atoms with Crippen LogP contribution in [-0.4, -0.2) is 34.3 Å². The zero-order chi connectivity index (χ0) is 19.6. The van der Waals surface area contributed by atoms with Crippen LogP contribution in [0.25, 0.3) is 11.3 Å². The molecule has 0 aliphatic carbocycles. The summed E-state index contributed by atoms with van der Waals surface area (Å²) in [6.07, 6.45) is 0. The molecule has 0 radical (unpaired) electrons. The molecule has 3 aromatic rings. The molecule has 0 fully saturated rings. The highest BCUT2D eigenvalue weighted by atomic mass is 19.1. The number of anilines is 1. The molecule has 1 amide bonds. The summed E-state index contributed by atoms with van der Waals surface area (Å²) >= 11 is 0. The number of hydrogen-bond donors (Lipinski definition) is 3. The number of aromatic carboxylic acids is 1. The van der Waals surface area contributed by atoms with Crippen LogP contribution in [0.4, 0.5) is 14.6 Å². The number of benzene rings is 2. The van der Waals surface area contributed by atoms with Gasteiger partial charge in [-0.05, 0) is 29.8 Å². The highest BCUT2D eigenvalue weighted by Gasteiger charge is 2.17. The van der Waals surface area contributed by atoms with Crippen LogP contribution in [0, 0.1) is 11.6 Å². The minimum Gasteiger partial charge on any atom is -0.491 e. The molecule has 7 nitrogen and oxygen atoms in total. The number of carbonyl (C=O) groups is 2. The number of nitrogens with one attached hydrogen (secondary N) is 2. The molecular formula is C18H13F2N3O4. The van der Waals surface area contributed by atoms with E-state index in [1.54, 1.807) is 12.1 Å². The van der Waals surface area contributed by atoms with Gasteiger partial charge < -0.3 is 15.2 Å². The monoisotopic (exact) mass is 373 g/mol. The van der Waals surface area contributed by atoms with Crippen LogP contribution >= 0.6 is 0 Å². The van der Waals surface area contributed by atoms with Crippen LogP contribution in [0.3, 0.4) is 0 Å². The Morgan fingerprint density at radius 2 is 1.70 bits per heavy atom. The number of halogens is 2. The van der Waals surface area contributed by atoms with Gasteiger partial charge in [-0.1, -0.05) is 12.1 Å². The summed E-state index contributed by atoms with van der Waals surface area (Å²) in [6, 6.07) is 9.24. The van der Waals surface area contributed by atoms with Crippen molar-refractivity contribution in [2.75, 3.05) is 12.4 Å². The number of nitrogens with zero attached hydrogens (tertiary/aromatic N) is 1. The number of aromatic nitrogens is 2. The summed E-state index contributed by atoms with van der Waals surface area (Å²) < 4.78 is 32.0. The molecule has 0 aliphatic rings. The lowest BCUT2D eigenvalue weighted by molar-refractivity contribution is 0.0696. The van der Waals surface area contributed by atoms with Crippen molar-refractivity contribution in [2.24, 2.45) is 0 Å². The fraction of sp³-hybridized carbons (Fsp3) is 0.0556. The van der Waals surface area contributed by atoms with Gasteiger partial charge in [0, 0.05) is 11.6 Å². The molecule has 3 N–H and O–H groups in total. The van der Waals surface area contributed by atoms with Crippen LogP contribution in [0.15, 0.2) is 42.5 Å². The summed E-state index contributed by atoms with van der Waals surface area (Å²) in [4.78, 5) is 23.0. The summed E-state index contributed by atoms with van der Waals surface area (Å²) in [5, 5.41) is 17.9. The molecule has 0 spiro atoms. The van der Waals surface area contributed by atoms with E-state index in [0.29, 0.717) is 11.3 Å². The highest BCUT2D eigenvalue weighted by molar-refractivity contribution is 6.04. The number of amides is 1. The molecule has 0 aliphatic heterocycles. The van der Waals surface area contributed by atoms with E-state index in [-0.39, 0.29) is 16.9 Å². The number of carboxylic acid groups (broad SMARTS) is 1. The molecule has 0 atom stereocenters. The van der Waals surface area contributed by atoms with Crippen molar-refractivity contribution in [1.29, 1.82) is 0 Å². The number of H-pyrrole nitrogens is 1. The van der Waals surface area contributed by atoms with Crippen molar-refractivity contribution in [3.8, 4) is 17.0 Å². The van der Waals surface area contributed by atoms with Crippen molar-refractivity contribution >= 4 is 17.7 Å². The normalized spacial score (nSPS) is 10.5.